The molecule has 0 spiro atoms. The van der Waals surface area contributed by atoms with Gasteiger partial charge in [0.05, 0.1) is 12.1 Å². The topological polar surface area (TPSA) is 21.3 Å². The molecular formula is C13H20ClNO. The van der Waals surface area contributed by atoms with Crippen LogP contribution in [0.3, 0.4) is 0 Å². The van der Waals surface area contributed by atoms with Gasteiger partial charge in [-0.15, -0.1) is 0 Å². The van der Waals surface area contributed by atoms with Crippen molar-refractivity contribution in [2.75, 3.05) is 20.7 Å². The lowest BCUT2D eigenvalue weighted by molar-refractivity contribution is 0.410. The molecule has 0 aliphatic rings. The Balaban J connectivity index is 2.94. The molecule has 0 aromatic heterocycles. The van der Waals surface area contributed by atoms with Crippen molar-refractivity contribution in [3.63, 3.8) is 0 Å². The Morgan fingerprint density at radius 2 is 2.06 bits per heavy atom. The van der Waals surface area contributed by atoms with Gasteiger partial charge in [0.25, 0.3) is 0 Å². The van der Waals surface area contributed by atoms with Crippen molar-refractivity contribution in [2.24, 2.45) is 0 Å². The molecule has 2 nitrogen and oxygen atoms in total. The molecule has 0 bridgehead atoms. The molecule has 0 heterocycles. The molecule has 3 heteroatoms. The van der Waals surface area contributed by atoms with Gasteiger partial charge in [-0.2, -0.15) is 0 Å². The molecule has 1 aromatic rings. The fourth-order valence-corrected chi connectivity index (χ4v) is 1.86. The highest BCUT2D eigenvalue weighted by Crippen LogP contribution is 2.33. The number of benzene rings is 1. The molecule has 0 saturated heterocycles. The molecule has 0 amide bonds. The SMILES string of the molecule is CNCCC(C)(C)c1ccc(Cl)c(OC)c1. The van der Waals surface area contributed by atoms with Crippen LogP contribution in [0.1, 0.15) is 25.8 Å². The maximum atomic E-state index is 6.01. The van der Waals surface area contributed by atoms with Crippen molar-refractivity contribution in [2.45, 2.75) is 25.7 Å². The van der Waals surface area contributed by atoms with E-state index < -0.39 is 0 Å². The Morgan fingerprint density at radius 1 is 1.38 bits per heavy atom. The molecule has 0 aliphatic heterocycles. The first-order chi connectivity index (χ1) is 7.51. The molecular weight excluding hydrogens is 222 g/mol. The van der Waals surface area contributed by atoms with E-state index in [-0.39, 0.29) is 5.41 Å². The summed E-state index contributed by atoms with van der Waals surface area (Å²) in [7, 11) is 3.62. The second kappa shape index (κ2) is 5.55. The van der Waals surface area contributed by atoms with Crippen LogP contribution in [-0.4, -0.2) is 20.7 Å². The highest BCUT2D eigenvalue weighted by molar-refractivity contribution is 6.32. The van der Waals surface area contributed by atoms with E-state index in [9.17, 15) is 0 Å². The number of halogens is 1. The molecule has 90 valence electrons. The second-order valence-electron chi connectivity index (χ2n) is 4.59. The summed E-state index contributed by atoms with van der Waals surface area (Å²) in [5.41, 5.74) is 1.38. The number of hydrogen-bond acceptors (Lipinski definition) is 2. The molecule has 0 atom stereocenters. The standard InChI is InChI=1S/C13H20ClNO/c1-13(2,7-8-15-3)10-5-6-11(14)12(9-10)16-4/h5-6,9,15H,7-8H2,1-4H3. The number of nitrogens with one attached hydrogen (secondary N) is 1. The zero-order chi connectivity index (χ0) is 12.2. The van der Waals surface area contributed by atoms with Gasteiger partial charge in [-0.05, 0) is 43.1 Å². The summed E-state index contributed by atoms with van der Waals surface area (Å²) >= 11 is 6.01. The van der Waals surface area contributed by atoms with Crippen molar-refractivity contribution < 1.29 is 4.74 Å². The van der Waals surface area contributed by atoms with Gasteiger partial charge >= 0.3 is 0 Å². The highest BCUT2D eigenvalue weighted by Gasteiger charge is 2.21. The number of ether oxygens (including phenoxy) is 1. The van der Waals surface area contributed by atoms with Crippen molar-refractivity contribution in [3.8, 4) is 5.75 Å². The predicted octanol–water partition coefficient (Wildman–Crippen LogP) is 3.24. The van der Waals surface area contributed by atoms with Crippen LogP contribution in [0.25, 0.3) is 0 Å². The lowest BCUT2D eigenvalue weighted by Gasteiger charge is -2.25. The van der Waals surface area contributed by atoms with E-state index in [4.69, 9.17) is 16.3 Å². The summed E-state index contributed by atoms with van der Waals surface area (Å²) in [6, 6.07) is 6.00. The summed E-state index contributed by atoms with van der Waals surface area (Å²) in [5.74, 6) is 0.747. The molecule has 0 aliphatic carbocycles. The van der Waals surface area contributed by atoms with E-state index in [1.807, 2.05) is 19.2 Å². The third-order valence-electron chi connectivity index (χ3n) is 2.93. The number of rotatable bonds is 5. The highest BCUT2D eigenvalue weighted by atomic mass is 35.5. The maximum Gasteiger partial charge on any atom is 0.137 e. The van der Waals surface area contributed by atoms with Crippen LogP contribution in [0.5, 0.6) is 5.75 Å². The van der Waals surface area contributed by atoms with Crippen LogP contribution in [0.2, 0.25) is 5.02 Å². The Hall–Kier alpha value is -0.730. The van der Waals surface area contributed by atoms with E-state index in [1.54, 1.807) is 7.11 Å². The van der Waals surface area contributed by atoms with Gasteiger partial charge in [-0.1, -0.05) is 31.5 Å². The van der Waals surface area contributed by atoms with Crippen LogP contribution >= 0.6 is 11.6 Å². The minimum Gasteiger partial charge on any atom is -0.495 e. The average molecular weight is 242 g/mol. The summed E-state index contributed by atoms with van der Waals surface area (Å²) in [6.07, 6.45) is 1.08. The molecule has 0 fully saturated rings. The van der Waals surface area contributed by atoms with Gasteiger partial charge in [0.15, 0.2) is 0 Å². The Morgan fingerprint density at radius 3 is 2.62 bits per heavy atom. The van der Waals surface area contributed by atoms with Crippen molar-refractivity contribution in [1.29, 1.82) is 0 Å². The van der Waals surface area contributed by atoms with Gasteiger partial charge in [0.2, 0.25) is 0 Å². The van der Waals surface area contributed by atoms with Crippen LogP contribution in [0.4, 0.5) is 0 Å². The van der Waals surface area contributed by atoms with E-state index in [0.717, 1.165) is 18.7 Å². The fraction of sp³-hybridized carbons (Fsp3) is 0.538. The third-order valence-corrected chi connectivity index (χ3v) is 3.24. The zero-order valence-corrected chi connectivity index (χ0v) is 11.2. The Bertz CT molecular complexity index is 350. The molecule has 0 saturated carbocycles. The van der Waals surface area contributed by atoms with Gasteiger partial charge in [-0.25, -0.2) is 0 Å². The van der Waals surface area contributed by atoms with E-state index >= 15 is 0 Å². The Kier molecular flexibility index (Phi) is 4.63. The van der Waals surface area contributed by atoms with Crippen LogP contribution in [0.15, 0.2) is 18.2 Å². The van der Waals surface area contributed by atoms with Gasteiger partial charge in [0, 0.05) is 0 Å². The molecule has 0 radical (unpaired) electrons. The monoisotopic (exact) mass is 241 g/mol. The van der Waals surface area contributed by atoms with Crippen LogP contribution < -0.4 is 10.1 Å². The molecule has 1 rings (SSSR count). The Labute approximate surface area is 103 Å². The fourth-order valence-electron chi connectivity index (χ4n) is 1.66. The summed E-state index contributed by atoms with van der Waals surface area (Å²) in [6.45, 7) is 5.46. The third kappa shape index (κ3) is 3.13. The molecule has 16 heavy (non-hydrogen) atoms. The van der Waals surface area contributed by atoms with Crippen molar-refractivity contribution in [1.82, 2.24) is 5.32 Å². The van der Waals surface area contributed by atoms with E-state index in [1.165, 1.54) is 5.56 Å². The van der Waals surface area contributed by atoms with Crippen molar-refractivity contribution in [3.05, 3.63) is 28.8 Å². The van der Waals surface area contributed by atoms with Crippen LogP contribution in [-0.2, 0) is 5.41 Å². The number of methoxy groups -OCH3 is 1. The first-order valence-corrected chi connectivity index (χ1v) is 5.87. The van der Waals surface area contributed by atoms with E-state index in [0.29, 0.717) is 5.02 Å². The molecule has 1 N–H and O–H groups in total. The lowest BCUT2D eigenvalue weighted by Crippen LogP contribution is -2.23. The summed E-state index contributed by atoms with van der Waals surface area (Å²) in [5, 5.41) is 3.84. The minimum absolute atomic E-state index is 0.126. The summed E-state index contributed by atoms with van der Waals surface area (Å²) in [4.78, 5) is 0. The molecule has 1 aromatic carbocycles. The van der Waals surface area contributed by atoms with Gasteiger partial charge in [0.1, 0.15) is 5.75 Å². The van der Waals surface area contributed by atoms with Gasteiger partial charge in [-0.3, -0.25) is 0 Å². The largest absolute Gasteiger partial charge is 0.495 e. The average Bonchev–Trinajstić information content (AvgIpc) is 2.27. The second-order valence-corrected chi connectivity index (χ2v) is 4.99. The first kappa shape index (κ1) is 13.3. The summed E-state index contributed by atoms with van der Waals surface area (Å²) < 4.78 is 5.24. The predicted molar refractivity (Wildman–Crippen MR) is 69.6 cm³/mol. The van der Waals surface area contributed by atoms with E-state index in [2.05, 4.69) is 25.2 Å². The smallest absolute Gasteiger partial charge is 0.137 e. The van der Waals surface area contributed by atoms with Crippen LogP contribution in [0, 0.1) is 0 Å². The minimum atomic E-state index is 0.126. The zero-order valence-electron chi connectivity index (χ0n) is 10.4. The van der Waals surface area contributed by atoms with Crippen molar-refractivity contribution >= 4 is 11.6 Å². The lowest BCUT2D eigenvalue weighted by atomic mass is 9.81. The quantitative estimate of drug-likeness (QED) is 0.855. The molecule has 0 unspecified atom stereocenters. The normalized spacial score (nSPS) is 11.6. The number of hydrogen-bond donors (Lipinski definition) is 1. The maximum absolute atomic E-state index is 6.01. The van der Waals surface area contributed by atoms with Gasteiger partial charge < -0.3 is 10.1 Å². The first-order valence-electron chi connectivity index (χ1n) is 5.50.